The Balaban J connectivity index is 1.75. The summed E-state index contributed by atoms with van der Waals surface area (Å²) in [7, 11) is 0. The summed E-state index contributed by atoms with van der Waals surface area (Å²) in [6.07, 6.45) is 4.97. The maximum Gasteiger partial charge on any atom is 0.133 e. The van der Waals surface area contributed by atoms with Crippen molar-refractivity contribution in [2.45, 2.75) is 32.6 Å². The topological polar surface area (TPSA) is 13.1 Å². The van der Waals surface area contributed by atoms with Crippen LogP contribution in [-0.2, 0) is 11.8 Å². The van der Waals surface area contributed by atoms with Crippen LogP contribution in [-0.4, -0.2) is 0 Å². The van der Waals surface area contributed by atoms with Crippen LogP contribution in [0, 0.1) is 0 Å². The molecule has 0 saturated heterocycles. The molecule has 0 fully saturated rings. The van der Waals surface area contributed by atoms with Crippen LogP contribution < -0.4 is 0 Å². The minimum absolute atomic E-state index is 0.0664. The van der Waals surface area contributed by atoms with Crippen LogP contribution in [0.3, 0.4) is 0 Å². The number of rotatable bonds is 2. The third-order valence-corrected chi connectivity index (χ3v) is 5.08. The quantitative estimate of drug-likeness (QED) is 0.486. The van der Waals surface area contributed by atoms with Crippen molar-refractivity contribution >= 4 is 23.3 Å². The van der Waals surface area contributed by atoms with E-state index in [0.717, 1.165) is 17.2 Å². The van der Waals surface area contributed by atoms with E-state index in [1.165, 1.54) is 33.4 Å². The molecule has 0 unspecified atom stereocenters. The number of hydrogen-bond acceptors (Lipinski definition) is 1. The molecule has 1 aromatic heterocycles. The van der Waals surface area contributed by atoms with Gasteiger partial charge in [-0.05, 0) is 51.9 Å². The number of hydrogen-bond donors (Lipinski definition) is 0. The molecule has 0 amide bonds. The summed E-state index contributed by atoms with van der Waals surface area (Å²) in [5.74, 6) is 1.02. The van der Waals surface area contributed by atoms with Gasteiger partial charge in [-0.3, -0.25) is 0 Å². The highest BCUT2D eigenvalue weighted by Gasteiger charge is 2.26. The average Bonchev–Trinajstić information content (AvgIpc) is 3.21. The second kappa shape index (κ2) is 5.93. The van der Waals surface area contributed by atoms with E-state index in [1.54, 1.807) is 6.26 Å². The maximum atomic E-state index is 6.04. The van der Waals surface area contributed by atoms with Gasteiger partial charge in [0.1, 0.15) is 5.76 Å². The SMILES string of the molecule is CC(C)(C)c1ccoc1C1=Cc2cccc(-c3ccc(Cl)cc3)c2C1. The largest absolute Gasteiger partial charge is 0.464 e. The third kappa shape index (κ3) is 2.94. The zero-order valence-electron chi connectivity index (χ0n) is 14.8. The van der Waals surface area contributed by atoms with Gasteiger partial charge in [-0.2, -0.15) is 0 Å². The van der Waals surface area contributed by atoms with E-state index in [1.807, 2.05) is 12.1 Å². The Morgan fingerprint density at radius 3 is 2.44 bits per heavy atom. The molecule has 25 heavy (non-hydrogen) atoms. The fourth-order valence-corrected chi connectivity index (χ4v) is 3.69. The van der Waals surface area contributed by atoms with Crippen LogP contribution in [0.1, 0.15) is 43.2 Å². The summed E-state index contributed by atoms with van der Waals surface area (Å²) in [5.41, 5.74) is 7.69. The van der Waals surface area contributed by atoms with Gasteiger partial charge in [-0.15, -0.1) is 0 Å². The van der Waals surface area contributed by atoms with Gasteiger partial charge < -0.3 is 4.42 Å². The molecule has 126 valence electrons. The normalized spacial score (nSPS) is 13.7. The van der Waals surface area contributed by atoms with Crippen molar-refractivity contribution < 1.29 is 4.42 Å². The fraction of sp³-hybridized carbons (Fsp3) is 0.217. The molecule has 0 radical (unpaired) electrons. The van der Waals surface area contributed by atoms with Crippen molar-refractivity contribution in [1.82, 2.24) is 0 Å². The van der Waals surface area contributed by atoms with Crippen LogP contribution in [0.5, 0.6) is 0 Å². The molecule has 1 aliphatic rings. The molecule has 0 bridgehead atoms. The van der Waals surface area contributed by atoms with Crippen molar-refractivity contribution in [2.24, 2.45) is 0 Å². The first-order valence-electron chi connectivity index (χ1n) is 8.60. The lowest BCUT2D eigenvalue weighted by molar-refractivity contribution is 0.523. The molecule has 0 saturated carbocycles. The zero-order valence-corrected chi connectivity index (χ0v) is 15.5. The maximum absolute atomic E-state index is 6.04. The molecule has 0 N–H and O–H groups in total. The second-order valence-corrected chi connectivity index (χ2v) is 8.08. The molecule has 0 atom stereocenters. The van der Waals surface area contributed by atoms with Gasteiger partial charge in [-0.25, -0.2) is 0 Å². The highest BCUT2D eigenvalue weighted by Crippen LogP contribution is 2.41. The predicted octanol–water partition coefficient (Wildman–Crippen LogP) is 6.99. The minimum atomic E-state index is 0.0664. The fourth-order valence-electron chi connectivity index (χ4n) is 3.56. The molecule has 1 nitrogen and oxygen atoms in total. The summed E-state index contributed by atoms with van der Waals surface area (Å²) in [4.78, 5) is 0. The molecular formula is C23H21ClO. The minimum Gasteiger partial charge on any atom is -0.464 e. The lowest BCUT2D eigenvalue weighted by atomic mass is 9.85. The lowest BCUT2D eigenvalue weighted by Crippen LogP contribution is -2.12. The number of allylic oxidation sites excluding steroid dienone is 1. The van der Waals surface area contributed by atoms with Crippen LogP contribution in [0.2, 0.25) is 5.02 Å². The Bertz CT molecular complexity index is 953. The monoisotopic (exact) mass is 348 g/mol. The number of halogens is 1. The van der Waals surface area contributed by atoms with E-state index in [9.17, 15) is 0 Å². The van der Waals surface area contributed by atoms with Gasteiger partial charge >= 0.3 is 0 Å². The van der Waals surface area contributed by atoms with Crippen molar-refractivity contribution in [2.75, 3.05) is 0 Å². The van der Waals surface area contributed by atoms with E-state index in [2.05, 4.69) is 63.2 Å². The third-order valence-electron chi connectivity index (χ3n) is 4.83. The van der Waals surface area contributed by atoms with Crippen molar-refractivity contribution in [3.8, 4) is 11.1 Å². The highest BCUT2D eigenvalue weighted by molar-refractivity contribution is 6.30. The van der Waals surface area contributed by atoms with E-state index in [4.69, 9.17) is 16.0 Å². The van der Waals surface area contributed by atoms with Crippen LogP contribution in [0.25, 0.3) is 22.8 Å². The summed E-state index contributed by atoms with van der Waals surface area (Å²) in [5, 5.41) is 0.764. The number of benzene rings is 2. The summed E-state index contributed by atoms with van der Waals surface area (Å²) in [6, 6.07) is 16.7. The number of furan rings is 1. The molecule has 3 aromatic rings. The molecule has 1 heterocycles. The van der Waals surface area contributed by atoms with E-state index >= 15 is 0 Å². The Kier molecular flexibility index (Phi) is 3.85. The summed E-state index contributed by atoms with van der Waals surface area (Å²) < 4.78 is 5.88. The first kappa shape index (κ1) is 16.2. The summed E-state index contributed by atoms with van der Waals surface area (Å²) >= 11 is 6.04. The molecule has 0 aliphatic heterocycles. The van der Waals surface area contributed by atoms with Gasteiger partial charge in [0, 0.05) is 22.6 Å². The van der Waals surface area contributed by atoms with Crippen LogP contribution in [0.4, 0.5) is 0 Å². The molecule has 1 aliphatic carbocycles. The van der Waals surface area contributed by atoms with Gasteiger partial charge in [0.05, 0.1) is 6.26 Å². The Labute approximate surface area is 154 Å². The first-order chi connectivity index (χ1) is 11.9. The van der Waals surface area contributed by atoms with Crippen LogP contribution >= 0.6 is 11.6 Å². The average molecular weight is 349 g/mol. The van der Waals surface area contributed by atoms with Gasteiger partial charge in [0.25, 0.3) is 0 Å². The Morgan fingerprint density at radius 2 is 1.72 bits per heavy atom. The van der Waals surface area contributed by atoms with Crippen LogP contribution in [0.15, 0.2) is 59.2 Å². The first-order valence-corrected chi connectivity index (χ1v) is 8.98. The smallest absolute Gasteiger partial charge is 0.133 e. The zero-order chi connectivity index (χ0) is 17.6. The van der Waals surface area contributed by atoms with Crippen molar-refractivity contribution in [3.05, 3.63) is 82.3 Å². The molecular weight excluding hydrogens is 328 g/mol. The highest BCUT2D eigenvalue weighted by atomic mass is 35.5. The standard InChI is InChI=1S/C23H21ClO/c1-23(2,3)21-11-12-25-22(21)17-13-16-5-4-6-19(20(16)14-17)15-7-9-18(24)10-8-15/h4-13H,14H2,1-3H3. The second-order valence-electron chi connectivity index (χ2n) is 7.64. The van der Waals surface area contributed by atoms with Crippen molar-refractivity contribution in [1.29, 1.82) is 0 Å². The predicted molar refractivity (Wildman–Crippen MR) is 106 cm³/mol. The van der Waals surface area contributed by atoms with E-state index in [0.29, 0.717) is 0 Å². The molecule has 0 spiro atoms. The van der Waals surface area contributed by atoms with Gasteiger partial charge in [0.2, 0.25) is 0 Å². The van der Waals surface area contributed by atoms with Gasteiger partial charge in [0.15, 0.2) is 0 Å². The van der Waals surface area contributed by atoms with E-state index < -0.39 is 0 Å². The molecule has 2 heteroatoms. The molecule has 4 rings (SSSR count). The Hall–Kier alpha value is -2.25. The van der Waals surface area contributed by atoms with Crippen molar-refractivity contribution in [3.63, 3.8) is 0 Å². The lowest BCUT2D eigenvalue weighted by Gasteiger charge is -2.18. The van der Waals surface area contributed by atoms with Gasteiger partial charge in [-0.1, -0.05) is 62.7 Å². The molecule has 2 aromatic carbocycles. The number of fused-ring (bicyclic) bond motifs is 1. The van der Waals surface area contributed by atoms with E-state index in [-0.39, 0.29) is 5.41 Å². The summed E-state index contributed by atoms with van der Waals surface area (Å²) in [6.45, 7) is 6.68. The Morgan fingerprint density at radius 1 is 0.960 bits per heavy atom.